The van der Waals surface area contributed by atoms with Crippen molar-refractivity contribution in [2.45, 2.75) is 39.2 Å². The Labute approximate surface area is 122 Å². The van der Waals surface area contributed by atoms with Crippen LogP contribution in [-0.4, -0.2) is 21.3 Å². The van der Waals surface area contributed by atoms with Gasteiger partial charge in [-0.15, -0.1) is 0 Å². The van der Waals surface area contributed by atoms with Crippen molar-refractivity contribution in [1.82, 2.24) is 5.32 Å². The highest BCUT2D eigenvalue weighted by Crippen LogP contribution is 2.49. The van der Waals surface area contributed by atoms with E-state index in [1.165, 1.54) is 24.8 Å². The molecule has 1 aromatic rings. The second kappa shape index (κ2) is 6.04. The third kappa shape index (κ3) is 2.93. The molecule has 1 N–H and O–H groups in total. The Morgan fingerprint density at radius 3 is 2.15 bits per heavy atom. The van der Waals surface area contributed by atoms with Crippen molar-refractivity contribution in [3.05, 3.63) is 23.8 Å². The summed E-state index contributed by atoms with van der Waals surface area (Å²) in [5, 5.41) is 3.51. The molecule has 1 aliphatic carbocycles. The lowest BCUT2D eigenvalue weighted by molar-refractivity contribution is 0.203. The first-order valence-corrected chi connectivity index (χ1v) is 7.42. The van der Waals surface area contributed by atoms with E-state index < -0.39 is 0 Å². The molecule has 2 rings (SSSR count). The van der Waals surface area contributed by atoms with Gasteiger partial charge in [-0.3, -0.25) is 0 Å². The van der Waals surface area contributed by atoms with E-state index in [4.69, 9.17) is 9.47 Å². The van der Waals surface area contributed by atoms with Crippen molar-refractivity contribution in [1.29, 1.82) is 0 Å². The van der Waals surface area contributed by atoms with Gasteiger partial charge in [-0.1, -0.05) is 20.3 Å². The molecule has 0 saturated heterocycles. The highest BCUT2D eigenvalue weighted by atomic mass is 16.5. The summed E-state index contributed by atoms with van der Waals surface area (Å²) in [7, 11) is 5.45. The number of benzene rings is 1. The maximum Gasteiger partial charge on any atom is 0.122 e. The third-order valence-electron chi connectivity index (χ3n) is 4.79. The van der Waals surface area contributed by atoms with Crippen LogP contribution in [0.5, 0.6) is 11.5 Å². The third-order valence-corrected chi connectivity index (χ3v) is 4.79. The molecule has 2 unspecified atom stereocenters. The van der Waals surface area contributed by atoms with Crippen LogP contribution in [0, 0.1) is 11.3 Å². The summed E-state index contributed by atoms with van der Waals surface area (Å²) in [6.45, 7) is 4.76. The lowest BCUT2D eigenvalue weighted by Gasteiger charge is -2.34. The topological polar surface area (TPSA) is 30.5 Å². The van der Waals surface area contributed by atoms with Crippen molar-refractivity contribution < 1.29 is 9.47 Å². The van der Waals surface area contributed by atoms with Gasteiger partial charge < -0.3 is 14.8 Å². The van der Waals surface area contributed by atoms with Gasteiger partial charge in [0.05, 0.1) is 14.2 Å². The minimum atomic E-state index is 0.344. The van der Waals surface area contributed by atoms with E-state index in [0.717, 1.165) is 11.5 Å². The fraction of sp³-hybridized carbons (Fsp3) is 0.647. The Bertz CT molecular complexity index is 434. The number of hydrogen-bond acceptors (Lipinski definition) is 3. The predicted molar refractivity (Wildman–Crippen MR) is 82.5 cm³/mol. The van der Waals surface area contributed by atoms with Crippen molar-refractivity contribution in [2.75, 3.05) is 21.3 Å². The van der Waals surface area contributed by atoms with Crippen molar-refractivity contribution in [3.8, 4) is 11.5 Å². The van der Waals surface area contributed by atoms with E-state index in [2.05, 4.69) is 31.3 Å². The molecule has 1 saturated carbocycles. The van der Waals surface area contributed by atoms with E-state index in [0.29, 0.717) is 17.4 Å². The molecule has 1 aliphatic rings. The number of ether oxygens (including phenoxy) is 2. The summed E-state index contributed by atoms with van der Waals surface area (Å²) in [6, 6.07) is 6.52. The molecular formula is C17H27NO2. The molecule has 20 heavy (non-hydrogen) atoms. The lowest BCUT2D eigenvalue weighted by Crippen LogP contribution is -2.32. The van der Waals surface area contributed by atoms with E-state index in [-0.39, 0.29) is 0 Å². The zero-order valence-electron chi connectivity index (χ0n) is 13.3. The van der Waals surface area contributed by atoms with Gasteiger partial charge in [-0.25, -0.2) is 0 Å². The van der Waals surface area contributed by atoms with Gasteiger partial charge in [0.1, 0.15) is 11.5 Å². The minimum Gasteiger partial charge on any atom is -0.497 e. The molecule has 0 aromatic heterocycles. The molecule has 0 heterocycles. The molecule has 2 atom stereocenters. The lowest BCUT2D eigenvalue weighted by atomic mass is 9.75. The van der Waals surface area contributed by atoms with Gasteiger partial charge in [0.25, 0.3) is 0 Å². The predicted octanol–water partition coefficient (Wildman–Crippen LogP) is 3.79. The van der Waals surface area contributed by atoms with Crippen LogP contribution in [0.4, 0.5) is 0 Å². The zero-order chi connectivity index (χ0) is 14.8. The van der Waals surface area contributed by atoms with E-state index in [1.807, 2.05) is 13.1 Å². The number of methoxy groups -OCH3 is 2. The number of hydrogen-bond donors (Lipinski definition) is 1. The number of rotatable bonds is 5. The molecule has 0 aliphatic heterocycles. The second-order valence-corrected chi connectivity index (χ2v) is 6.40. The molecule has 3 nitrogen and oxygen atoms in total. The average Bonchev–Trinajstić information content (AvgIpc) is 2.79. The highest BCUT2D eigenvalue weighted by molar-refractivity contribution is 5.40. The van der Waals surface area contributed by atoms with Crippen LogP contribution >= 0.6 is 0 Å². The van der Waals surface area contributed by atoms with Crippen molar-refractivity contribution in [3.63, 3.8) is 0 Å². The second-order valence-electron chi connectivity index (χ2n) is 6.40. The van der Waals surface area contributed by atoms with Crippen LogP contribution in [0.2, 0.25) is 0 Å². The molecule has 0 amide bonds. The Hall–Kier alpha value is -1.22. The number of nitrogens with one attached hydrogen (secondary N) is 1. The molecule has 3 heteroatoms. The zero-order valence-corrected chi connectivity index (χ0v) is 13.3. The summed E-state index contributed by atoms with van der Waals surface area (Å²) in [4.78, 5) is 0. The van der Waals surface area contributed by atoms with Gasteiger partial charge in [0.15, 0.2) is 0 Å². The first-order valence-electron chi connectivity index (χ1n) is 7.42. The molecule has 0 bridgehead atoms. The summed E-state index contributed by atoms with van der Waals surface area (Å²) in [5.74, 6) is 2.36. The van der Waals surface area contributed by atoms with Gasteiger partial charge in [0.2, 0.25) is 0 Å². The van der Waals surface area contributed by atoms with Crippen molar-refractivity contribution >= 4 is 0 Å². The van der Waals surface area contributed by atoms with Gasteiger partial charge in [-0.2, -0.15) is 0 Å². The van der Waals surface area contributed by atoms with Crippen LogP contribution in [0.3, 0.4) is 0 Å². The van der Waals surface area contributed by atoms with Gasteiger partial charge >= 0.3 is 0 Å². The maximum absolute atomic E-state index is 5.40. The fourth-order valence-corrected chi connectivity index (χ4v) is 3.58. The molecule has 1 fully saturated rings. The summed E-state index contributed by atoms with van der Waals surface area (Å²) in [5.41, 5.74) is 1.63. The minimum absolute atomic E-state index is 0.344. The Morgan fingerprint density at radius 1 is 1.15 bits per heavy atom. The Kier molecular flexibility index (Phi) is 4.59. The fourth-order valence-electron chi connectivity index (χ4n) is 3.58. The van der Waals surface area contributed by atoms with Gasteiger partial charge in [-0.05, 0) is 48.9 Å². The van der Waals surface area contributed by atoms with E-state index in [9.17, 15) is 0 Å². The van der Waals surface area contributed by atoms with Crippen LogP contribution < -0.4 is 14.8 Å². The van der Waals surface area contributed by atoms with E-state index in [1.54, 1.807) is 14.2 Å². The molecule has 112 valence electrons. The summed E-state index contributed by atoms with van der Waals surface area (Å²) < 4.78 is 10.8. The molecule has 0 radical (unpaired) electrons. The van der Waals surface area contributed by atoms with Crippen molar-refractivity contribution in [2.24, 2.45) is 11.3 Å². The highest BCUT2D eigenvalue weighted by Gasteiger charge is 2.39. The van der Waals surface area contributed by atoms with Crippen LogP contribution in [0.25, 0.3) is 0 Å². The normalized spacial score (nSPS) is 22.6. The molecular weight excluding hydrogens is 250 g/mol. The quantitative estimate of drug-likeness (QED) is 0.888. The maximum atomic E-state index is 5.40. The Morgan fingerprint density at radius 2 is 1.75 bits per heavy atom. The monoisotopic (exact) mass is 277 g/mol. The Balaban J connectivity index is 2.36. The molecule has 1 aromatic carbocycles. The SMILES string of the molecule is CNC(c1cc(OC)cc(OC)c1)C1CCCC1(C)C. The smallest absolute Gasteiger partial charge is 0.122 e. The largest absolute Gasteiger partial charge is 0.497 e. The standard InChI is InChI=1S/C17H27NO2/c1-17(2)8-6-7-15(17)16(18-3)12-9-13(19-4)11-14(10-12)20-5/h9-11,15-16,18H,6-8H2,1-5H3. The summed E-state index contributed by atoms with van der Waals surface area (Å²) >= 11 is 0. The van der Waals surface area contributed by atoms with Crippen LogP contribution in [-0.2, 0) is 0 Å². The van der Waals surface area contributed by atoms with E-state index >= 15 is 0 Å². The van der Waals surface area contributed by atoms with Crippen LogP contribution in [0.1, 0.15) is 44.7 Å². The first-order chi connectivity index (χ1) is 9.51. The van der Waals surface area contributed by atoms with Crippen LogP contribution in [0.15, 0.2) is 18.2 Å². The average molecular weight is 277 g/mol. The van der Waals surface area contributed by atoms with Gasteiger partial charge in [0, 0.05) is 12.1 Å². The first kappa shape index (κ1) is 15.2. The summed E-state index contributed by atoms with van der Waals surface area (Å²) in [6.07, 6.45) is 3.89. The molecule has 0 spiro atoms.